The molecule has 3 aromatic rings. The molecule has 0 aliphatic carbocycles. The topological polar surface area (TPSA) is 37.9 Å². The third kappa shape index (κ3) is 2.32. The van der Waals surface area contributed by atoms with Crippen LogP contribution >= 0.6 is 0 Å². The van der Waals surface area contributed by atoms with E-state index in [4.69, 9.17) is 4.74 Å². The van der Waals surface area contributed by atoms with Gasteiger partial charge in [0.05, 0.1) is 22.7 Å². The number of fused-ring (bicyclic) bond motifs is 1. The predicted molar refractivity (Wildman–Crippen MR) is 76.1 cm³/mol. The highest BCUT2D eigenvalue weighted by Crippen LogP contribution is 2.29. The van der Waals surface area contributed by atoms with Gasteiger partial charge in [-0.3, -0.25) is 0 Å². The number of nitrogens with one attached hydrogen (secondary N) is 1. The maximum Gasteiger partial charge on any atom is 0.142 e. The van der Waals surface area contributed by atoms with E-state index in [0.717, 1.165) is 28.2 Å². The highest BCUT2D eigenvalue weighted by atomic mass is 16.5. The van der Waals surface area contributed by atoms with Crippen molar-refractivity contribution in [3.63, 3.8) is 0 Å². The highest BCUT2D eigenvalue weighted by molar-refractivity contribution is 5.80. The zero-order chi connectivity index (χ0) is 13.2. The van der Waals surface area contributed by atoms with Crippen LogP contribution in [0.5, 0.6) is 5.75 Å². The van der Waals surface area contributed by atoms with Crippen LogP contribution in [0.25, 0.3) is 22.4 Å². The van der Waals surface area contributed by atoms with Gasteiger partial charge in [0.25, 0.3) is 0 Å². The first-order valence-corrected chi connectivity index (χ1v) is 6.36. The van der Waals surface area contributed by atoms with Crippen LogP contribution in [0.2, 0.25) is 0 Å². The number of hydrogen-bond donors (Lipinski definition) is 1. The lowest BCUT2D eigenvalue weighted by Gasteiger charge is -2.12. The van der Waals surface area contributed by atoms with Gasteiger partial charge in [0, 0.05) is 0 Å². The molecule has 0 fully saturated rings. The van der Waals surface area contributed by atoms with E-state index in [0.29, 0.717) is 0 Å². The number of aromatic amines is 1. The van der Waals surface area contributed by atoms with Crippen molar-refractivity contribution in [3.8, 4) is 17.1 Å². The van der Waals surface area contributed by atoms with Gasteiger partial charge in [-0.2, -0.15) is 0 Å². The average Bonchev–Trinajstić information content (AvgIpc) is 2.82. The number of H-pyrrole nitrogens is 1. The summed E-state index contributed by atoms with van der Waals surface area (Å²) in [5.41, 5.74) is 2.84. The summed E-state index contributed by atoms with van der Waals surface area (Å²) in [4.78, 5) is 7.89. The van der Waals surface area contributed by atoms with Crippen LogP contribution in [0, 0.1) is 6.07 Å². The van der Waals surface area contributed by atoms with Crippen LogP contribution in [0.15, 0.2) is 42.5 Å². The summed E-state index contributed by atoms with van der Waals surface area (Å²) in [6.07, 6.45) is 0.124. The quantitative estimate of drug-likeness (QED) is 0.768. The molecular weight excluding hydrogens is 236 g/mol. The molecule has 19 heavy (non-hydrogen) atoms. The predicted octanol–water partition coefficient (Wildman–Crippen LogP) is 3.82. The maximum absolute atomic E-state index is 5.80. The largest absolute Gasteiger partial charge is 0.490 e. The molecule has 0 unspecified atom stereocenters. The van der Waals surface area contributed by atoms with E-state index in [1.54, 1.807) is 0 Å². The summed E-state index contributed by atoms with van der Waals surface area (Å²) in [5, 5.41) is 0. The van der Waals surface area contributed by atoms with E-state index in [-0.39, 0.29) is 6.10 Å². The number of rotatable bonds is 3. The summed E-state index contributed by atoms with van der Waals surface area (Å²) < 4.78 is 5.80. The van der Waals surface area contributed by atoms with Gasteiger partial charge >= 0.3 is 0 Å². The fourth-order valence-corrected chi connectivity index (χ4v) is 2.03. The Labute approximate surface area is 112 Å². The van der Waals surface area contributed by atoms with Crippen molar-refractivity contribution >= 4 is 11.0 Å². The first-order chi connectivity index (χ1) is 9.24. The number of hydrogen-bond acceptors (Lipinski definition) is 2. The summed E-state index contributed by atoms with van der Waals surface area (Å²) in [6.45, 7) is 4.02. The van der Waals surface area contributed by atoms with Crippen LogP contribution in [-0.4, -0.2) is 16.1 Å². The van der Waals surface area contributed by atoms with Crippen molar-refractivity contribution in [2.45, 2.75) is 20.0 Å². The van der Waals surface area contributed by atoms with Crippen molar-refractivity contribution in [1.29, 1.82) is 0 Å². The molecule has 2 aromatic carbocycles. The molecule has 0 saturated heterocycles. The van der Waals surface area contributed by atoms with E-state index in [2.05, 4.69) is 16.0 Å². The van der Waals surface area contributed by atoms with Gasteiger partial charge in [-0.15, -0.1) is 0 Å². The van der Waals surface area contributed by atoms with Gasteiger partial charge in [0.15, 0.2) is 0 Å². The van der Waals surface area contributed by atoms with Gasteiger partial charge < -0.3 is 9.72 Å². The lowest BCUT2D eigenvalue weighted by molar-refractivity contribution is 0.243. The minimum atomic E-state index is 0.124. The summed E-state index contributed by atoms with van der Waals surface area (Å²) in [5.74, 6) is 1.59. The lowest BCUT2D eigenvalue weighted by atomic mass is 10.2. The molecule has 95 valence electrons. The molecule has 0 amide bonds. The number of aromatic nitrogens is 2. The Morgan fingerprint density at radius 1 is 1.16 bits per heavy atom. The van der Waals surface area contributed by atoms with Gasteiger partial charge in [-0.05, 0) is 38.1 Å². The third-order valence-corrected chi connectivity index (χ3v) is 2.81. The van der Waals surface area contributed by atoms with Crippen LogP contribution in [-0.2, 0) is 0 Å². The second-order valence-electron chi connectivity index (χ2n) is 4.68. The number of ether oxygens (including phenoxy) is 1. The van der Waals surface area contributed by atoms with Crippen molar-refractivity contribution in [1.82, 2.24) is 9.97 Å². The average molecular weight is 251 g/mol. The van der Waals surface area contributed by atoms with Crippen LogP contribution < -0.4 is 4.74 Å². The Balaban J connectivity index is 2.10. The zero-order valence-electron chi connectivity index (χ0n) is 11.0. The SMILES string of the molecule is CC(C)Oc1ccc[c]c1-c1nc2ccccc2[nH]1. The molecule has 1 aromatic heterocycles. The van der Waals surface area contributed by atoms with Gasteiger partial charge in [0.1, 0.15) is 11.6 Å². The number of para-hydroxylation sites is 2. The van der Waals surface area contributed by atoms with Gasteiger partial charge in [0.2, 0.25) is 0 Å². The maximum atomic E-state index is 5.80. The van der Waals surface area contributed by atoms with Crippen molar-refractivity contribution in [2.75, 3.05) is 0 Å². The van der Waals surface area contributed by atoms with E-state index in [1.165, 1.54) is 0 Å². The molecule has 0 saturated carbocycles. The smallest absolute Gasteiger partial charge is 0.142 e. The van der Waals surface area contributed by atoms with E-state index in [9.17, 15) is 0 Å². The highest BCUT2D eigenvalue weighted by Gasteiger charge is 2.11. The van der Waals surface area contributed by atoms with Crippen molar-refractivity contribution in [2.24, 2.45) is 0 Å². The van der Waals surface area contributed by atoms with Crippen molar-refractivity contribution < 1.29 is 4.74 Å². The molecule has 0 spiro atoms. The molecule has 0 bridgehead atoms. The Morgan fingerprint density at radius 2 is 2.00 bits per heavy atom. The van der Waals surface area contributed by atoms with E-state index >= 15 is 0 Å². The van der Waals surface area contributed by atoms with Crippen LogP contribution in [0.4, 0.5) is 0 Å². The Hall–Kier alpha value is -2.29. The fraction of sp³-hybridized carbons (Fsp3) is 0.188. The fourth-order valence-electron chi connectivity index (χ4n) is 2.03. The summed E-state index contributed by atoms with van der Waals surface area (Å²) in [7, 11) is 0. The number of nitrogens with zero attached hydrogens (tertiary/aromatic N) is 1. The monoisotopic (exact) mass is 251 g/mol. The number of imidazole rings is 1. The van der Waals surface area contributed by atoms with Crippen LogP contribution in [0.1, 0.15) is 13.8 Å². The molecule has 3 nitrogen and oxygen atoms in total. The molecular formula is C16H15N2O. The van der Waals surface area contributed by atoms with Crippen LogP contribution in [0.3, 0.4) is 0 Å². The first-order valence-electron chi connectivity index (χ1n) is 6.36. The summed E-state index contributed by atoms with van der Waals surface area (Å²) >= 11 is 0. The molecule has 0 atom stereocenters. The molecule has 0 aliphatic rings. The van der Waals surface area contributed by atoms with Crippen molar-refractivity contribution in [3.05, 3.63) is 48.5 Å². The molecule has 3 rings (SSSR count). The normalized spacial score (nSPS) is 11.1. The number of benzene rings is 2. The van der Waals surface area contributed by atoms with Gasteiger partial charge in [-0.1, -0.05) is 24.3 Å². The second kappa shape index (κ2) is 4.76. The standard InChI is InChI=1S/C16H15N2O/c1-11(2)19-15-10-6-3-7-12(15)16-17-13-8-4-5-9-14(13)18-16/h3-6,8-11H,1-2H3,(H,17,18). The minimum absolute atomic E-state index is 0.124. The Bertz CT molecular complexity index is 668. The lowest BCUT2D eigenvalue weighted by Crippen LogP contribution is -2.06. The Kier molecular flexibility index (Phi) is 2.95. The zero-order valence-corrected chi connectivity index (χ0v) is 11.0. The summed E-state index contributed by atoms with van der Waals surface area (Å²) in [6, 6.07) is 16.9. The van der Waals surface area contributed by atoms with E-state index < -0.39 is 0 Å². The first kappa shape index (κ1) is 11.8. The van der Waals surface area contributed by atoms with E-state index in [1.807, 2.05) is 56.3 Å². The minimum Gasteiger partial charge on any atom is -0.490 e. The van der Waals surface area contributed by atoms with Gasteiger partial charge in [-0.25, -0.2) is 4.98 Å². The molecule has 1 N–H and O–H groups in total. The Morgan fingerprint density at radius 3 is 2.79 bits per heavy atom. The molecule has 1 heterocycles. The third-order valence-electron chi connectivity index (χ3n) is 2.81. The molecule has 3 heteroatoms. The molecule has 0 aliphatic heterocycles. The molecule has 1 radical (unpaired) electrons. The second-order valence-corrected chi connectivity index (χ2v) is 4.68.